The Labute approximate surface area is 137 Å². The molecule has 3 heteroatoms. The van der Waals surface area contributed by atoms with Crippen LogP contribution in [-0.4, -0.2) is 17.0 Å². The number of fused-ring (bicyclic) bond motifs is 1. The molecule has 1 aliphatic rings. The first kappa shape index (κ1) is 15.2. The molecule has 0 bridgehead atoms. The summed E-state index contributed by atoms with van der Waals surface area (Å²) in [6, 6.07) is 8.59. The van der Waals surface area contributed by atoms with Gasteiger partial charge in [-0.1, -0.05) is 60.2 Å². The Kier molecular flexibility index (Phi) is 4.67. The zero-order valence-corrected chi connectivity index (χ0v) is 13.6. The fourth-order valence-electron chi connectivity index (χ4n) is 2.75. The van der Waals surface area contributed by atoms with E-state index in [9.17, 15) is 0 Å². The standard InChI is InChI=1S/C20H21N3/c1-16-9-8-10-17(13-16)14-23(2)20-18-11-6-4-3-5-7-12-19(18)21-15-22-20/h3-5,7-13,15H,6,14H2,1-2H3/b4-3-,7-5-,18-11+,19-12-. The number of rotatable bonds is 3. The van der Waals surface area contributed by atoms with Crippen molar-refractivity contribution in [2.24, 2.45) is 0 Å². The number of benzene rings is 1. The van der Waals surface area contributed by atoms with Crippen molar-refractivity contribution in [2.45, 2.75) is 19.9 Å². The molecule has 0 radical (unpaired) electrons. The molecular formula is C20H21N3. The number of aryl methyl sites for hydroxylation is 1. The average molecular weight is 303 g/mol. The lowest BCUT2D eigenvalue weighted by atomic mass is 10.1. The first-order valence-electron chi connectivity index (χ1n) is 7.85. The maximum atomic E-state index is 4.53. The second-order valence-electron chi connectivity index (χ2n) is 5.76. The zero-order valence-electron chi connectivity index (χ0n) is 13.6. The van der Waals surface area contributed by atoms with Crippen molar-refractivity contribution >= 4 is 18.0 Å². The van der Waals surface area contributed by atoms with Crippen LogP contribution < -0.4 is 15.5 Å². The number of anilines is 1. The van der Waals surface area contributed by atoms with Gasteiger partial charge in [0, 0.05) is 18.8 Å². The summed E-state index contributed by atoms with van der Waals surface area (Å²) in [7, 11) is 2.08. The second-order valence-corrected chi connectivity index (χ2v) is 5.76. The van der Waals surface area contributed by atoms with Crippen molar-refractivity contribution in [1.82, 2.24) is 9.97 Å². The maximum Gasteiger partial charge on any atom is 0.139 e. The Hall–Kier alpha value is -2.68. The topological polar surface area (TPSA) is 29.0 Å². The molecule has 0 saturated carbocycles. The molecule has 3 nitrogen and oxygen atoms in total. The molecule has 3 rings (SSSR count). The largest absolute Gasteiger partial charge is 0.355 e. The van der Waals surface area contributed by atoms with Gasteiger partial charge in [-0.05, 0) is 25.0 Å². The highest BCUT2D eigenvalue weighted by Gasteiger charge is 2.07. The van der Waals surface area contributed by atoms with Crippen molar-refractivity contribution in [3.63, 3.8) is 0 Å². The first-order valence-corrected chi connectivity index (χ1v) is 7.85. The second kappa shape index (κ2) is 7.05. The monoisotopic (exact) mass is 303 g/mol. The van der Waals surface area contributed by atoms with Gasteiger partial charge < -0.3 is 4.90 Å². The fourth-order valence-corrected chi connectivity index (χ4v) is 2.75. The molecule has 1 heterocycles. The highest BCUT2D eigenvalue weighted by atomic mass is 15.2. The first-order chi connectivity index (χ1) is 11.2. The predicted octanol–water partition coefficient (Wildman–Crippen LogP) is 2.50. The van der Waals surface area contributed by atoms with E-state index in [4.69, 9.17) is 0 Å². The molecule has 1 aromatic heterocycles. The van der Waals surface area contributed by atoms with Crippen LogP contribution in [-0.2, 0) is 6.54 Å². The van der Waals surface area contributed by atoms with E-state index in [0.717, 1.165) is 29.4 Å². The van der Waals surface area contributed by atoms with Crippen molar-refractivity contribution in [1.29, 1.82) is 0 Å². The molecular weight excluding hydrogens is 282 g/mol. The zero-order chi connectivity index (χ0) is 16.1. The molecule has 0 unspecified atom stereocenters. The van der Waals surface area contributed by atoms with Crippen LogP contribution in [0.1, 0.15) is 17.5 Å². The van der Waals surface area contributed by atoms with E-state index in [0.29, 0.717) is 0 Å². The number of hydrogen-bond acceptors (Lipinski definition) is 3. The third kappa shape index (κ3) is 3.75. The quantitative estimate of drug-likeness (QED) is 0.872. The number of nitrogens with zero attached hydrogens (tertiary/aromatic N) is 3. The summed E-state index contributed by atoms with van der Waals surface area (Å²) in [5, 5.41) is 2.06. The summed E-state index contributed by atoms with van der Waals surface area (Å²) in [6.45, 7) is 2.94. The highest BCUT2D eigenvalue weighted by Crippen LogP contribution is 2.09. The lowest BCUT2D eigenvalue weighted by Crippen LogP contribution is -2.35. The van der Waals surface area contributed by atoms with Crippen LogP contribution in [0.3, 0.4) is 0 Å². The van der Waals surface area contributed by atoms with E-state index in [1.165, 1.54) is 11.1 Å². The lowest BCUT2D eigenvalue weighted by molar-refractivity contribution is 0.878. The Morgan fingerprint density at radius 1 is 1.13 bits per heavy atom. The van der Waals surface area contributed by atoms with Gasteiger partial charge in [0.05, 0.1) is 5.35 Å². The smallest absolute Gasteiger partial charge is 0.139 e. The molecule has 116 valence electrons. The van der Waals surface area contributed by atoms with Gasteiger partial charge in [0.2, 0.25) is 0 Å². The van der Waals surface area contributed by atoms with Gasteiger partial charge in [0.1, 0.15) is 12.1 Å². The molecule has 1 aliphatic carbocycles. The van der Waals surface area contributed by atoms with Crippen LogP contribution in [0.2, 0.25) is 0 Å². The van der Waals surface area contributed by atoms with Gasteiger partial charge in [0.25, 0.3) is 0 Å². The van der Waals surface area contributed by atoms with Crippen LogP contribution in [0.15, 0.2) is 54.9 Å². The number of aromatic nitrogens is 2. The summed E-state index contributed by atoms with van der Waals surface area (Å²) >= 11 is 0. The molecule has 0 spiro atoms. The number of hydrogen-bond donors (Lipinski definition) is 0. The van der Waals surface area contributed by atoms with Crippen LogP contribution in [0.4, 0.5) is 5.82 Å². The van der Waals surface area contributed by atoms with Gasteiger partial charge in [0.15, 0.2) is 0 Å². The van der Waals surface area contributed by atoms with E-state index in [1.54, 1.807) is 6.33 Å². The molecule has 0 fully saturated rings. The average Bonchev–Trinajstić information content (AvgIpc) is 2.66. The summed E-state index contributed by atoms with van der Waals surface area (Å²) in [5.74, 6) is 0.969. The minimum Gasteiger partial charge on any atom is -0.355 e. The number of allylic oxidation sites excluding steroid dienone is 4. The molecule has 0 amide bonds. The molecule has 23 heavy (non-hydrogen) atoms. The summed E-state index contributed by atoms with van der Waals surface area (Å²) in [5.41, 5.74) is 2.56. The molecule has 0 atom stereocenters. The molecule has 1 aromatic carbocycles. The van der Waals surface area contributed by atoms with Gasteiger partial charge in [-0.15, -0.1) is 0 Å². The summed E-state index contributed by atoms with van der Waals surface area (Å²) in [6.07, 6.45) is 15.0. The van der Waals surface area contributed by atoms with Crippen LogP contribution in [0, 0.1) is 6.92 Å². The van der Waals surface area contributed by atoms with Gasteiger partial charge in [-0.25, -0.2) is 9.97 Å². The van der Waals surface area contributed by atoms with Crippen LogP contribution in [0.5, 0.6) is 0 Å². The Balaban J connectivity index is 2.00. The van der Waals surface area contributed by atoms with Crippen molar-refractivity contribution in [3.05, 3.63) is 76.6 Å². The third-order valence-electron chi connectivity index (χ3n) is 3.83. The molecule has 0 aliphatic heterocycles. The molecule has 0 saturated heterocycles. The third-order valence-corrected chi connectivity index (χ3v) is 3.83. The van der Waals surface area contributed by atoms with E-state index < -0.39 is 0 Å². The minimum atomic E-state index is 0.824. The summed E-state index contributed by atoms with van der Waals surface area (Å²) in [4.78, 5) is 11.1. The highest BCUT2D eigenvalue weighted by molar-refractivity contribution is 5.49. The Morgan fingerprint density at radius 2 is 2.04 bits per heavy atom. The van der Waals surface area contributed by atoms with Gasteiger partial charge >= 0.3 is 0 Å². The fraction of sp³-hybridized carbons (Fsp3) is 0.200. The van der Waals surface area contributed by atoms with Crippen LogP contribution >= 0.6 is 0 Å². The Bertz CT molecular complexity index is 863. The Morgan fingerprint density at radius 3 is 2.91 bits per heavy atom. The van der Waals surface area contributed by atoms with Crippen molar-refractivity contribution in [3.8, 4) is 0 Å². The van der Waals surface area contributed by atoms with Crippen molar-refractivity contribution in [2.75, 3.05) is 11.9 Å². The van der Waals surface area contributed by atoms with E-state index in [1.807, 2.05) is 18.2 Å². The lowest BCUT2D eigenvalue weighted by Gasteiger charge is -2.19. The SMILES string of the molecule is Cc1cccc(CN(C)c2ncnc3\c2=C/C\C=C/C=C\C=3)c1. The summed E-state index contributed by atoms with van der Waals surface area (Å²) < 4.78 is 0. The van der Waals surface area contributed by atoms with Gasteiger partial charge in [-0.2, -0.15) is 0 Å². The van der Waals surface area contributed by atoms with E-state index in [2.05, 4.69) is 71.3 Å². The normalized spacial score (nSPS) is 18.9. The van der Waals surface area contributed by atoms with Gasteiger partial charge in [-0.3, -0.25) is 0 Å². The van der Waals surface area contributed by atoms with E-state index >= 15 is 0 Å². The predicted molar refractivity (Wildman–Crippen MR) is 96.4 cm³/mol. The molecule has 0 N–H and O–H groups in total. The minimum absolute atomic E-state index is 0.824. The molecule has 2 aromatic rings. The van der Waals surface area contributed by atoms with Crippen molar-refractivity contribution < 1.29 is 0 Å². The van der Waals surface area contributed by atoms with E-state index in [-0.39, 0.29) is 0 Å². The maximum absolute atomic E-state index is 4.53. The van der Waals surface area contributed by atoms with Crippen LogP contribution in [0.25, 0.3) is 12.2 Å².